The standard InChI is InChI=1S/C13H15F2NO5/c1-7-10(9(20-4)5-8(14)11(7)15)12(17)21-6-13(2,3)16(18)19/h5H,6H2,1-4H3. The normalized spacial score (nSPS) is 11.1. The smallest absolute Gasteiger partial charge is 0.342 e. The van der Waals surface area contributed by atoms with E-state index in [1.165, 1.54) is 27.9 Å². The Balaban J connectivity index is 3.08. The van der Waals surface area contributed by atoms with Crippen molar-refractivity contribution in [2.24, 2.45) is 0 Å². The number of carbonyl (C=O) groups excluding carboxylic acids is 1. The SMILES string of the molecule is COc1cc(F)c(F)c(C)c1C(=O)OCC(C)(C)[N+](=O)[O-]. The van der Waals surface area contributed by atoms with Gasteiger partial charge in [0.05, 0.1) is 7.11 Å². The van der Waals surface area contributed by atoms with E-state index in [-0.39, 0.29) is 16.9 Å². The Labute approximate surface area is 119 Å². The molecule has 1 rings (SSSR count). The van der Waals surface area contributed by atoms with Gasteiger partial charge < -0.3 is 9.47 Å². The van der Waals surface area contributed by atoms with Gasteiger partial charge in [-0.25, -0.2) is 13.6 Å². The number of rotatable bonds is 5. The van der Waals surface area contributed by atoms with Crippen molar-refractivity contribution in [3.8, 4) is 5.75 Å². The number of nitro groups is 1. The van der Waals surface area contributed by atoms with Crippen molar-refractivity contribution >= 4 is 5.97 Å². The van der Waals surface area contributed by atoms with Crippen LogP contribution in [0, 0.1) is 28.7 Å². The third-order valence-corrected chi connectivity index (χ3v) is 2.89. The molecule has 1 aromatic carbocycles. The van der Waals surface area contributed by atoms with Gasteiger partial charge in [-0.05, 0) is 6.92 Å². The van der Waals surface area contributed by atoms with E-state index in [0.717, 1.165) is 6.07 Å². The fourth-order valence-electron chi connectivity index (χ4n) is 1.51. The lowest BCUT2D eigenvalue weighted by molar-refractivity contribution is -0.563. The number of hydrogen-bond donors (Lipinski definition) is 0. The largest absolute Gasteiger partial charge is 0.496 e. The third-order valence-electron chi connectivity index (χ3n) is 2.89. The van der Waals surface area contributed by atoms with Gasteiger partial charge in [0, 0.05) is 30.4 Å². The number of carbonyl (C=O) groups is 1. The van der Waals surface area contributed by atoms with Crippen LogP contribution in [0.15, 0.2) is 6.07 Å². The number of hydrogen-bond acceptors (Lipinski definition) is 5. The summed E-state index contributed by atoms with van der Waals surface area (Å²) >= 11 is 0. The molecule has 8 heteroatoms. The van der Waals surface area contributed by atoms with E-state index in [2.05, 4.69) is 0 Å². The summed E-state index contributed by atoms with van der Waals surface area (Å²) in [6.07, 6.45) is 0. The molecule has 0 fully saturated rings. The van der Waals surface area contributed by atoms with Crippen LogP contribution in [-0.4, -0.2) is 30.1 Å². The minimum atomic E-state index is -1.49. The molecule has 0 aliphatic heterocycles. The molecule has 6 nitrogen and oxygen atoms in total. The number of halogens is 2. The molecule has 0 saturated carbocycles. The van der Waals surface area contributed by atoms with Crippen LogP contribution in [-0.2, 0) is 4.74 Å². The summed E-state index contributed by atoms with van der Waals surface area (Å²) in [6.45, 7) is 3.22. The average molecular weight is 303 g/mol. The molecular weight excluding hydrogens is 288 g/mol. The van der Waals surface area contributed by atoms with Gasteiger partial charge in [0.25, 0.3) is 0 Å². The second-order valence-corrected chi connectivity index (χ2v) is 5.02. The maximum Gasteiger partial charge on any atom is 0.342 e. The lowest BCUT2D eigenvalue weighted by atomic mass is 10.1. The zero-order valence-electron chi connectivity index (χ0n) is 12.0. The Bertz CT molecular complexity index is 586. The van der Waals surface area contributed by atoms with E-state index in [0.29, 0.717) is 0 Å². The molecule has 0 radical (unpaired) electrons. The summed E-state index contributed by atoms with van der Waals surface area (Å²) < 4.78 is 36.4. The van der Waals surface area contributed by atoms with Crippen molar-refractivity contribution in [1.29, 1.82) is 0 Å². The van der Waals surface area contributed by atoms with Crippen LogP contribution in [0.1, 0.15) is 29.8 Å². The Morgan fingerprint density at radius 2 is 2.00 bits per heavy atom. The van der Waals surface area contributed by atoms with Gasteiger partial charge in [-0.1, -0.05) is 0 Å². The van der Waals surface area contributed by atoms with Crippen LogP contribution in [0.2, 0.25) is 0 Å². The molecule has 0 aliphatic carbocycles. The first kappa shape index (κ1) is 16.8. The maximum absolute atomic E-state index is 13.5. The quantitative estimate of drug-likeness (QED) is 0.474. The molecule has 0 spiro atoms. The van der Waals surface area contributed by atoms with E-state index in [1.807, 2.05) is 0 Å². The van der Waals surface area contributed by atoms with Crippen LogP contribution < -0.4 is 4.74 Å². The van der Waals surface area contributed by atoms with E-state index in [4.69, 9.17) is 9.47 Å². The number of ether oxygens (including phenoxy) is 2. The summed E-state index contributed by atoms with van der Waals surface area (Å²) in [5.74, 6) is -3.57. The molecule has 0 atom stereocenters. The van der Waals surface area contributed by atoms with Gasteiger partial charge in [-0.15, -0.1) is 0 Å². The zero-order valence-corrected chi connectivity index (χ0v) is 12.0. The van der Waals surface area contributed by atoms with Crippen molar-refractivity contribution in [2.45, 2.75) is 26.3 Å². The molecule has 0 aliphatic rings. The molecule has 0 bridgehead atoms. The topological polar surface area (TPSA) is 78.7 Å². The van der Waals surface area contributed by atoms with Gasteiger partial charge in [-0.2, -0.15) is 0 Å². The lowest BCUT2D eigenvalue weighted by Gasteiger charge is -2.17. The number of esters is 1. The third kappa shape index (κ3) is 3.45. The Morgan fingerprint density at radius 3 is 2.48 bits per heavy atom. The Hall–Kier alpha value is -2.25. The summed E-state index contributed by atoms with van der Waals surface area (Å²) in [7, 11) is 1.18. The monoisotopic (exact) mass is 303 g/mol. The van der Waals surface area contributed by atoms with E-state index in [9.17, 15) is 23.7 Å². The molecule has 0 heterocycles. The molecule has 1 aromatic rings. The fourth-order valence-corrected chi connectivity index (χ4v) is 1.51. The molecular formula is C13H15F2NO5. The second kappa shape index (κ2) is 6.02. The molecule has 0 amide bonds. The molecule has 0 saturated heterocycles. The highest BCUT2D eigenvalue weighted by Gasteiger charge is 2.33. The summed E-state index contributed by atoms with van der Waals surface area (Å²) in [4.78, 5) is 22.1. The number of benzene rings is 1. The molecule has 0 N–H and O–H groups in total. The predicted molar refractivity (Wildman–Crippen MR) is 69.0 cm³/mol. The van der Waals surface area contributed by atoms with Crippen molar-refractivity contribution in [2.75, 3.05) is 13.7 Å². The second-order valence-electron chi connectivity index (χ2n) is 5.02. The van der Waals surface area contributed by atoms with Gasteiger partial charge >= 0.3 is 5.97 Å². The minimum Gasteiger partial charge on any atom is -0.496 e. The molecule has 116 valence electrons. The summed E-state index contributed by atoms with van der Waals surface area (Å²) in [5, 5.41) is 10.7. The molecule has 0 unspecified atom stereocenters. The number of methoxy groups -OCH3 is 1. The molecule has 0 aromatic heterocycles. The summed E-state index contributed by atoms with van der Waals surface area (Å²) in [5.41, 5.74) is -2.07. The first-order valence-corrected chi connectivity index (χ1v) is 5.96. The Kier molecular flexibility index (Phi) is 4.82. The van der Waals surface area contributed by atoms with E-state index >= 15 is 0 Å². The van der Waals surface area contributed by atoms with Crippen LogP contribution in [0.4, 0.5) is 8.78 Å². The van der Waals surface area contributed by atoms with Gasteiger partial charge in [0.2, 0.25) is 5.54 Å². The zero-order chi connectivity index (χ0) is 16.4. The van der Waals surface area contributed by atoms with Crippen LogP contribution in [0.5, 0.6) is 5.75 Å². The van der Waals surface area contributed by atoms with Crippen LogP contribution in [0.3, 0.4) is 0 Å². The number of nitrogens with zero attached hydrogens (tertiary/aromatic N) is 1. The summed E-state index contributed by atoms with van der Waals surface area (Å²) in [6, 6.07) is 0.720. The highest BCUT2D eigenvalue weighted by Crippen LogP contribution is 2.27. The van der Waals surface area contributed by atoms with Crippen LogP contribution >= 0.6 is 0 Å². The predicted octanol–water partition coefficient (Wildman–Crippen LogP) is 2.49. The van der Waals surface area contributed by atoms with Gasteiger partial charge in [0.15, 0.2) is 18.2 Å². The van der Waals surface area contributed by atoms with Crippen LogP contribution in [0.25, 0.3) is 0 Å². The van der Waals surface area contributed by atoms with Crippen molar-refractivity contribution < 1.29 is 28.0 Å². The maximum atomic E-state index is 13.5. The first-order chi connectivity index (χ1) is 9.61. The van der Waals surface area contributed by atoms with Crippen molar-refractivity contribution in [3.05, 3.63) is 38.9 Å². The minimum absolute atomic E-state index is 0.199. The van der Waals surface area contributed by atoms with Gasteiger partial charge in [-0.3, -0.25) is 10.1 Å². The van der Waals surface area contributed by atoms with E-state index in [1.54, 1.807) is 0 Å². The van der Waals surface area contributed by atoms with Gasteiger partial charge in [0.1, 0.15) is 11.3 Å². The van der Waals surface area contributed by atoms with Crippen molar-refractivity contribution in [1.82, 2.24) is 0 Å². The van der Waals surface area contributed by atoms with Crippen molar-refractivity contribution in [3.63, 3.8) is 0 Å². The fraction of sp³-hybridized carbons (Fsp3) is 0.462. The highest BCUT2D eigenvalue weighted by molar-refractivity contribution is 5.94. The highest BCUT2D eigenvalue weighted by atomic mass is 19.2. The molecule has 21 heavy (non-hydrogen) atoms. The Morgan fingerprint density at radius 1 is 1.43 bits per heavy atom. The lowest BCUT2D eigenvalue weighted by Crippen LogP contribution is -2.37. The average Bonchev–Trinajstić information content (AvgIpc) is 2.41. The first-order valence-electron chi connectivity index (χ1n) is 5.96. The van der Waals surface area contributed by atoms with E-state index < -0.39 is 34.7 Å².